The first-order valence-electron chi connectivity index (χ1n) is 7.75. The van der Waals surface area contributed by atoms with Gasteiger partial charge in [0.25, 0.3) is 0 Å². The number of nitrogens with zero attached hydrogens (tertiary/aromatic N) is 2. The van der Waals surface area contributed by atoms with Crippen molar-refractivity contribution in [1.82, 2.24) is 9.80 Å². The average Bonchev–Trinajstić information content (AvgIpc) is 2.48. The zero-order valence-corrected chi connectivity index (χ0v) is 12.7. The molecule has 3 nitrogen and oxygen atoms in total. The number of hydrogen-bond acceptors (Lipinski definition) is 2. The number of benzene rings is 1. The highest BCUT2D eigenvalue weighted by Crippen LogP contribution is 2.13. The van der Waals surface area contributed by atoms with Crippen molar-refractivity contribution in [2.24, 2.45) is 5.92 Å². The van der Waals surface area contributed by atoms with E-state index < -0.39 is 0 Å². The monoisotopic (exact) mass is 274 g/mol. The molecule has 0 spiro atoms. The molecule has 1 aromatic carbocycles. The van der Waals surface area contributed by atoms with Crippen LogP contribution < -0.4 is 0 Å². The molecule has 0 N–H and O–H groups in total. The van der Waals surface area contributed by atoms with Crippen molar-refractivity contribution in [2.75, 3.05) is 26.2 Å². The van der Waals surface area contributed by atoms with Crippen molar-refractivity contribution in [3.05, 3.63) is 35.9 Å². The quantitative estimate of drug-likeness (QED) is 0.824. The van der Waals surface area contributed by atoms with E-state index in [9.17, 15) is 4.79 Å². The van der Waals surface area contributed by atoms with Crippen molar-refractivity contribution >= 4 is 5.91 Å². The molecule has 1 saturated heterocycles. The van der Waals surface area contributed by atoms with E-state index in [1.165, 1.54) is 5.56 Å². The van der Waals surface area contributed by atoms with Gasteiger partial charge >= 0.3 is 0 Å². The Balaban J connectivity index is 1.79. The second kappa shape index (κ2) is 7.44. The second-order valence-corrected chi connectivity index (χ2v) is 5.78. The zero-order chi connectivity index (χ0) is 14.4. The Kier molecular flexibility index (Phi) is 5.60. The molecule has 1 aliphatic heterocycles. The van der Waals surface area contributed by atoms with Gasteiger partial charge in [-0.1, -0.05) is 50.6 Å². The summed E-state index contributed by atoms with van der Waals surface area (Å²) in [6.07, 6.45) is 2.09. The molecule has 0 aliphatic carbocycles. The third-order valence-electron chi connectivity index (χ3n) is 4.08. The Morgan fingerprint density at radius 2 is 1.80 bits per heavy atom. The lowest BCUT2D eigenvalue weighted by Crippen LogP contribution is -2.49. The van der Waals surface area contributed by atoms with Gasteiger partial charge in [-0.25, -0.2) is 0 Å². The summed E-state index contributed by atoms with van der Waals surface area (Å²) < 4.78 is 0. The van der Waals surface area contributed by atoms with Crippen LogP contribution in [0.2, 0.25) is 0 Å². The molecule has 0 aromatic heterocycles. The van der Waals surface area contributed by atoms with Gasteiger partial charge in [-0.05, 0) is 12.0 Å². The van der Waals surface area contributed by atoms with Crippen molar-refractivity contribution in [3.8, 4) is 0 Å². The molecule has 1 atom stereocenters. The van der Waals surface area contributed by atoms with Crippen LogP contribution in [0.5, 0.6) is 0 Å². The van der Waals surface area contributed by atoms with Crippen LogP contribution in [0.4, 0.5) is 0 Å². The van der Waals surface area contributed by atoms with E-state index in [0.717, 1.165) is 45.6 Å². The van der Waals surface area contributed by atoms with Crippen LogP contribution in [0, 0.1) is 5.92 Å². The van der Waals surface area contributed by atoms with Crippen molar-refractivity contribution in [1.29, 1.82) is 0 Å². The van der Waals surface area contributed by atoms with E-state index in [1.807, 2.05) is 4.90 Å². The van der Waals surface area contributed by atoms with Gasteiger partial charge in [-0.2, -0.15) is 0 Å². The summed E-state index contributed by atoms with van der Waals surface area (Å²) in [6.45, 7) is 8.91. The van der Waals surface area contributed by atoms with Gasteiger partial charge in [0, 0.05) is 38.6 Å². The third kappa shape index (κ3) is 4.07. The van der Waals surface area contributed by atoms with Gasteiger partial charge in [-0.3, -0.25) is 9.69 Å². The van der Waals surface area contributed by atoms with Crippen LogP contribution in [-0.2, 0) is 11.3 Å². The maximum atomic E-state index is 12.3. The fourth-order valence-electron chi connectivity index (χ4n) is 2.84. The van der Waals surface area contributed by atoms with E-state index in [2.05, 4.69) is 49.1 Å². The van der Waals surface area contributed by atoms with Gasteiger partial charge in [0.2, 0.25) is 5.91 Å². The standard InChI is InChI=1S/C17H26N2O/c1-3-7-15(2)17(20)19-12-10-18(11-13-19)14-16-8-5-4-6-9-16/h4-6,8-9,15H,3,7,10-14H2,1-2H3/t15-/m1/s1. The van der Waals surface area contributed by atoms with Crippen molar-refractivity contribution in [3.63, 3.8) is 0 Å². The summed E-state index contributed by atoms with van der Waals surface area (Å²) in [4.78, 5) is 16.7. The lowest BCUT2D eigenvalue weighted by molar-refractivity contribution is -0.137. The first-order chi connectivity index (χ1) is 9.70. The summed E-state index contributed by atoms with van der Waals surface area (Å²) in [5.74, 6) is 0.520. The lowest BCUT2D eigenvalue weighted by atomic mass is 10.0. The second-order valence-electron chi connectivity index (χ2n) is 5.78. The SMILES string of the molecule is CCC[C@@H](C)C(=O)N1CCN(Cc2ccccc2)CC1. The Hall–Kier alpha value is -1.35. The molecule has 1 amide bonds. The minimum absolute atomic E-state index is 0.181. The van der Waals surface area contributed by atoms with Crippen molar-refractivity contribution < 1.29 is 4.79 Å². The summed E-state index contributed by atoms with van der Waals surface area (Å²) in [6, 6.07) is 10.6. The van der Waals surface area contributed by atoms with Crippen LogP contribution in [0.3, 0.4) is 0 Å². The van der Waals surface area contributed by atoms with Crippen molar-refractivity contribution in [2.45, 2.75) is 33.2 Å². The Labute approximate surface area is 122 Å². The van der Waals surface area contributed by atoms with E-state index in [1.54, 1.807) is 0 Å². The Bertz CT molecular complexity index is 410. The molecular weight excluding hydrogens is 248 g/mol. The molecule has 3 heteroatoms. The molecule has 110 valence electrons. The smallest absolute Gasteiger partial charge is 0.225 e. The molecule has 0 radical (unpaired) electrons. The maximum Gasteiger partial charge on any atom is 0.225 e. The molecule has 0 saturated carbocycles. The highest BCUT2D eigenvalue weighted by Gasteiger charge is 2.24. The van der Waals surface area contributed by atoms with Gasteiger partial charge < -0.3 is 4.90 Å². The average molecular weight is 274 g/mol. The predicted molar refractivity (Wildman–Crippen MR) is 82.4 cm³/mol. The van der Waals surface area contributed by atoms with Gasteiger partial charge in [-0.15, -0.1) is 0 Å². The summed E-state index contributed by atoms with van der Waals surface area (Å²) in [5.41, 5.74) is 1.35. The number of hydrogen-bond donors (Lipinski definition) is 0. The minimum atomic E-state index is 0.181. The molecule has 1 fully saturated rings. The fourth-order valence-corrected chi connectivity index (χ4v) is 2.84. The van der Waals surface area contributed by atoms with Crippen LogP contribution >= 0.6 is 0 Å². The Morgan fingerprint density at radius 3 is 2.40 bits per heavy atom. The normalized spacial score (nSPS) is 18.0. The number of carbonyl (C=O) groups excluding carboxylic acids is 1. The molecule has 1 heterocycles. The fraction of sp³-hybridized carbons (Fsp3) is 0.588. The van der Waals surface area contributed by atoms with Crippen LogP contribution in [0.15, 0.2) is 30.3 Å². The highest BCUT2D eigenvalue weighted by molar-refractivity contribution is 5.78. The lowest BCUT2D eigenvalue weighted by Gasteiger charge is -2.36. The molecule has 0 unspecified atom stereocenters. The van der Waals surface area contributed by atoms with E-state index in [0.29, 0.717) is 5.91 Å². The molecule has 0 bridgehead atoms. The van der Waals surface area contributed by atoms with Crippen LogP contribution in [0.25, 0.3) is 0 Å². The zero-order valence-electron chi connectivity index (χ0n) is 12.7. The largest absolute Gasteiger partial charge is 0.340 e. The third-order valence-corrected chi connectivity index (χ3v) is 4.08. The Morgan fingerprint density at radius 1 is 1.15 bits per heavy atom. The molecule has 20 heavy (non-hydrogen) atoms. The molecular formula is C17H26N2O. The maximum absolute atomic E-state index is 12.3. The highest BCUT2D eigenvalue weighted by atomic mass is 16.2. The topological polar surface area (TPSA) is 23.6 Å². The van der Waals surface area contributed by atoms with Crippen LogP contribution in [-0.4, -0.2) is 41.9 Å². The summed E-state index contributed by atoms with van der Waals surface area (Å²) >= 11 is 0. The number of carbonyl (C=O) groups is 1. The predicted octanol–water partition coefficient (Wildman–Crippen LogP) is 2.77. The summed E-state index contributed by atoms with van der Waals surface area (Å²) in [5, 5.41) is 0. The number of piperazine rings is 1. The van der Waals surface area contributed by atoms with Gasteiger partial charge in [0.15, 0.2) is 0 Å². The minimum Gasteiger partial charge on any atom is -0.340 e. The first-order valence-corrected chi connectivity index (χ1v) is 7.75. The number of amides is 1. The van der Waals surface area contributed by atoms with E-state index >= 15 is 0 Å². The first kappa shape index (κ1) is 15.0. The van der Waals surface area contributed by atoms with Crippen LogP contribution in [0.1, 0.15) is 32.3 Å². The number of rotatable bonds is 5. The van der Waals surface area contributed by atoms with E-state index in [4.69, 9.17) is 0 Å². The molecule has 1 aliphatic rings. The van der Waals surface area contributed by atoms with E-state index in [-0.39, 0.29) is 5.92 Å². The van der Waals surface area contributed by atoms with Gasteiger partial charge in [0.05, 0.1) is 0 Å². The molecule has 1 aromatic rings. The molecule has 2 rings (SSSR count). The van der Waals surface area contributed by atoms with Gasteiger partial charge in [0.1, 0.15) is 0 Å². The summed E-state index contributed by atoms with van der Waals surface area (Å²) in [7, 11) is 0.